The number of alkyl halides is 2. The van der Waals surface area contributed by atoms with Crippen molar-refractivity contribution in [2.75, 3.05) is 65.4 Å². The summed E-state index contributed by atoms with van der Waals surface area (Å²) in [5.74, 6) is -23.3. The molecule has 3 aromatic heterocycles. The molecule has 0 spiro atoms. The van der Waals surface area contributed by atoms with Crippen molar-refractivity contribution in [2.45, 2.75) is 241 Å². The second-order valence-corrected chi connectivity index (χ2v) is 37.3. The lowest BCUT2D eigenvalue weighted by atomic mass is 9.99. The van der Waals surface area contributed by atoms with Crippen LogP contribution in [-0.4, -0.2) is 312 Å². The number of primary amides is 2. The smallest absolute Gasteiger partial charge is 0.267 e. The van der Waals surface area contributed by atoms with Gasteiger partial charge >= 0.3 is 0 Å². The Hall–Kier alpha value is -13.4. The van der Waals surface area contributed by atoms with Gasteiger partial charge in [0.25, 0.3) is 5.92 Å². The first-order chi connectivity index (χ1) is 65.6. The van der Waals surface area contributed by atoms with E-state index in [4.69, 9.17) is 22.6 Å². The Morgan fingerprint density at radius 1 is 0.580 bits per heavy atom. The van der Waals surface area contributed by atoms with Crippen LogP contribution in [-0.2, 0) is 107 Å². The molecule has 3 aliphatic rings. The van der Waals surface area contributed by atoms with Gasteiger partial charge in [0, 0.05) is 106 Å². The van der Waals surface area contributed by atoms with Gasteiger partial charge in [0.05, 0.1) is 38.2 Å². The molecule has 0 bridgehead atoms. The van der Waals surface area contributed by atoms with E-state index in [1.807, 2.05) is 19.9 Å². The summed E-state index contributed by atoms with van der Waals surface area (Å²) in [6.07, 6.45) is 2.37. The number of H-pyrrole nitrogens is 2. The van der Waals surface area contributed by atoms with Crippen LogP contribution in [0.2, 0.25) is 0 Å². The maximum atomic E-state index is 16.4. The molecule has 0 radical (unpaired) electrons. The van der Waals surface area contributed by atoms with Crippen LogP contribution in [0.25, 0.3) is 21.0 Å². The fourth-order valence-electron chi connectivity index (χ4n) is 16.8. The van der Waals surface area contributed by atoms with Crippen molar-refractivity contribution in [3.05, 3.63) is 119 Å². The number of nitrogens with zero attached hydrogens (tertiary/aromatic N) is 6. The highest BCUT2D eigenvalue weighted by Gasteiger charge is 2.53. The monoisotopic (exact) mass is 1960 g/mol. The summed E-state index contributed by atoms with van der Waals surface area (Å²) >= 11 is 2.07. The average Bonchev–Trinajstić information content (AvgIpc) is 1.63. The molecule has 9 rings (SSSR count). The Morgan fingerprint density at radius 2 is 1.17 bits per heavy atom. The van der Waals surface area contributed by atoms with Crippen molar-refractivity contribution in [2.24, 2.45) is 23.1 Å². The van der Waals surface area contributed by atoms with Crippen molar-refractivity contribution >= 4 is 150 Å². The van der Waals surface area contributed by atoms with Crippen LogP contribution >= 0.6 is 23.1 Å². The molecule has 3 aliphatic heterocycles. The Balaban J connectivity index is 1.11. The van der Waals surface area contributed by atoms with E-state index in [-0.39, 0.29) is 88.7 Å². The molecule has 14 atom stereocenters. The van der Waals surface area contributed by atoms with E-state index in [1.165, 1.54) is 82.4 Å². The van der Waals surface area contributed by atoms with Crippen molar-refractivity contribution in [1.82, 2.24) is 97.9 Å². The van der Waals surface area contributed by atoms with Crippen LogP contribution in [0.4, 0.5) is 8.78 Å². The number of benzene rings is 3. The number of phenolic OH excluding ortho intramolecular Hbond substituents is 1. The average molecular weight is 1960 g/mol. The van der Waals surface area contributed by atoms with E-state index < -0.39 is 253 Å². The van der Waals surface area contributed by atoms with Crippen molar-refractivity contribution in [1.29, 1.82) is 5.41 Å². The van der Waals surface area contributed by atoms with E-state index in [1.54, 1.807) is 61.7 Å². The lowest BCUT2D eigenvalue weighted by Crippen LogP contribution is -2.62. The summed E-state index contributed by atoms with van der Waals surface area (Å²) in [6, 6.07) is -3.79. The predicted octanol–water partition coefficient (Wildman–Crippen LogP) is -0.531. The molecule has 6 aromatic rings. The van der Waals surface area contributed by atoms with Crippen LogP contribution in [0, 0.1) is 11.3 Å². The van der Waals surface area contributed by atoms with Crippen LogP contribution in [0.15, 0.2) is 96.9 Å². The molecule has 3 fully saturated rings. The van der Waals surface area contributed by atoms with Gasteiger partial charge in [-0.25, -0.2) is 13.8 Å². The molecule has 0 saturated carbocycles. The summed E-state index contributed by atoms with van der Waals surface area (Å²) in [5, 5.41) is 60.8. The molecule has 3 aromatic carbocycles. The number of thioether (sulfide) groups is 1. The van der Waals surface area contributed by atoms with Gasteiger partial charge in [0.1, 0.15) is 90.3 Å². The normalized spacial score (nSPS) is 24.3. The van der Waals surface area contributed by atoms with Crippen molar-refractivity contribution < 1.29 is 101 Å². The zero-order valence-corrected chi connectivity index (χ0v) is 80.0. The SMILES string of the molecule is CCCCC[C@H]1C(=O)N(C)[C@@H](CCCC)C(=O)N[C@@H](CCCNC(=N)N)C(=O)N[C@H](C(=O)NCC(N)=O)CSCC(=O)N[C@@H](Cc2ccc(O)cc2)C(=O)N(C)[C@@H](C)C(=O)N[C@@H](CC(N)=O)C(=O)N2CCC[C@H]2C(=O)N[C@@H](Cc2cnc[nH]2)C(=O)N[C@@H](CC(C)C)C(=O)N2CC(F)(F)C[C@H]2C(=O)N[C@@H](Cc2c[nH]c3ccccc23)C(=O)N[C@@H](CO)C(=O)N[C@@H](Cc2csc3ccccc23)C(=O)N1C. The number of guanidine groups is 1. The third-order valence-corrected chi connectivity index (χ3v) is 26.5. The van der Waals surface area contributed by atoms with E-state index in [2.05, 4.69) is 73.4 Å². The van der Waals surface area contributed by atoms with Gasteiger partial charge in [-0.3, -0.25) is 86.9 Å². The van der Waals surface area contributed by atoms with E-state index >= 15 is 47.1 Å². The summed E-state index contributed by atoms with van der Waals surface area (Å²) < 4.78 is 33.6. The van der Waals surface area contributed by atoms with Gasteiger partial charge in [-0.15, -0.1) is 23.1 Å². The molecule has 0 aliphatic carbocycles. The largest absolute Gasteiger partial charge is 0.508 e. The molecule has 3 saturated heterocycles. The molecule has 750 valence electrons. The van der Waals surface area contributed by atoms with E-state index in [9.17, 15) is 53.4 Å². The zero-order chi connectivity index (χ0) is 101. The number of aliphatic hydroxyl groups excluding tert-OH is 1. The Kier molecular flexibility index (Phi) is 40.1. The number of hydrogen-bond acceptors (Lipinski definition) is 23. The number of aromatic hydroxyl groups is 1. The summed E-state index contributed by atoms with van der Waals surface area (Å²) in [6.45, 7) is 4.80. The number of imidazole rings is 1. The number of aromatic nitrogens is 3. The van der Waals surface area contributed by atoms with Gasteiger partial charge in [0.2, 0.25) is 100 Å². The summed E-state index contributed by atoms with van der Waals surface area (Å²) in [4.78, 5) is 266. The van der Waals surface area contributed by atoms with Crippen molar-refractivity contribution in [3.8, 4) is 5.75 Å². The van der Waals surface area contributed by atoms with Crippen LogP contribution in [0.3, 0.4) is 0 Å². The number of fused-ring (bicyclic) bond motifs is 4. The topological polar surface area (TPSA) is 626 Å². The van der Waals surface area contributed by atoms with Crippen LogP contribution in [0.5, 0.6) is 5.75 Å². The quantitative estimate of drug-likeness (QED) is 0.0175. The number of nitrogens with two attached hydrogens (primary N) is 3. The van der Waals surface area contributed by atoms with E-state index in [0.29, 0.717) is 70.0 Å². The second-order valence-electron chi connectivity index (χ2n) is 35.4. The Morgan fingerprint density at radius 3 is 1.83 bits per heavy atom. The molecular formula is C92H127F2N23O19S2. The molecule has 46 heteroatoms. The lowest BCUT2D eigenvalue weighted by molar-refractivity contribution is -0.149. The number of halogens is 2. The number of likely N-dealkylation sites (N-methyl/N-ethyl adjacent to an activating group) is 3. The van der Waals surface area contributed by atoms with Crippen LogP contribution < -0.4 is 75.7 Å². The Bertz CT molecular complexity index is 5340. The number of phenols is 1. The van der Waals surface area contributed by atoms with Crippen molar-refractivity contribution in [3.63, 3.8) is 0 Å². The third kappa shape index (κ3) is 30.3. The molecule has 17 amide bonds. The number of unbranched alkanes of at least 4 members (excludes halogenated alkanes) is 3. The fourth-order valence-corrected chi connectivity index (χ4v) is 18.7. The van der Waals surface area contributed by atoms with Gasteiger partial charge in [-0.05, 0) is 110 Å². The Labute approximate surface area is 804 Å². The van der Waals surface area contributed by atoms with Gasteiger partial charge in [0.15, 0.2) is 5.96 Å². The first kappa shape index (κ1) is 108. The lowest BCUT2D eigenvalue weighted by Gasteiger charge is -2.36. The summed E-state index contributed by atoms with van der Waals surface area (Å²) in [7, 11) is 3.86. The number of nitrogens with one attached hydrogen (secondary N) is 14. The zero-order valence-electron chi connectivity index (χ0n) is 78.4. The maximum absolute atomic E-state index is 16.4. The van der Waals surface area contributed by atoms with E-state index in [0.717, 1.165) is 36.1 Å². The fraction of sp³-hybridized carbons (Fsp3) is 0.533. The molecule has 22 N–H and O–H groups in total. The molecule has 0 unspecified atom stereocenters. The first-order valence-electron chi connectivity index (χ1n) is 46.0. The number of hydrogen-bond donors (Lipinski definition) is 19. The number of aliphatic hydroxyl groups is 1. The molecule has 138 heavy (non-hydrogen) atoms. The highest BCUT2D eigenvalue weighted by molar-refractivity contribution is 8.00. The maximum Gasteiger partial charge on any atom is 0.267 e. The number of amides is 17. The number of carbonyl (C=O) groups is 17. The standard InChI is InChI=1S/C92H127F2N23O19S2/c1-9-11-13-25-71-90(136)114(7)69(24-12-10-2)83(129)105-60(23-18-32-100-91(97)98)79(125)112-68(78(124)102-43-75(96)121)46-137-47-76(122)104-64(35-52-28-30-56(119)31-29-52)86(132)113(6)51(5)77(123)108-66(39-74(95)120)88(134)116-33-19-26-70(116)84(130)107-62(38-55-42-99-49-103-55)81(127)109-63(34-50(3)4)89(135)117-48-92(93,94)40-72(117)85(131)106-61(36-53-41-101-59-22-16-14-20-57(53)59)80(126)111-67(44-118)82(128)110-65(87(133)115(71)8)37-54-45-138-73-27-17-15-21-58(54)73/h14-17,20-22,27-31,41-42,45,49-51,60-72,101,118-119H,9-13,18-19,23-26,32-40,43-44,46-48H2,1-8H3,(H2,95,120)(H2,96,121)(H,99,103)(H,102,124)(H,104,122)(H,105,129)(H,106,131)(H,107,130)(H,108,123)(H,109,127)(H,110,128)(H,111,126)(H,112,125)(H4,97,98,100)/t51-,60-,61-,62-,63-,64-,65-,66-,67-,68-,69-,70-,71-,72-/m0/s1. The molecule has 42 nitrogen and oxygen atoms in total. The number of rotatable bonds is 27. The van der Waals surface area contributed by atoms with Gasteiger partial charge in [-0.2, -0.15) is 0 Å². The number of carbonyl (C=O) groups excluding carboxylic acids is 17. The minimum absolute atomic E-state index is 0.0210. The number of thiophene rings is 1. The third-order valence-electron chi connectivity index (χ3n) is 24.4. The number of aromatic amines is 2. The first-order valence-corrected chi connectivity index (χ1v) is 48.0. The highest BCUT2D eigenvalue weighted by Crippen LogP contribution is 2.35. The molecular weight excluding hydrogens is 1830 g/mol. The van der Waals surface area contributed by atoms with Gasteiger partial charge < -0.3 is 120 Å². The second kappa shape index (κ2) is 51.1. The molecule has 6 heterocycles. The summed E-state index contributed by atoms with van der Waals surface area (Å²) in [5.41, 5.74) is 18.9. The predicted molar refractivity (Wildman–Crippen MR) is 507 cm³/mol. The van der Waals surface area contributed by atoms with Gasteiger partial charge in [-0.1, -0.05) is 108 Å². The van der Waals surface area contributed by atoms with Crippen LogP contribution in [0.1, 0.15) is 147 Å². The number of para-hydroxylation sites is 1. The highest BCUT2D eigenvalue weighted by atomic mass is 32.2. The minimum atomic E-state index is -3.80. The minimum Gasteiger partial charge on any atom is -0.508 e.